The molecular formula is C22H30N6O. The number of likely N-dealkylation sites (tertiary alicyclic amines) is 1. The molecule has 0 unspecified atom stereocenters. The van der Waals surface area contributed by atoms with E-state index < -0.39 is 0 Å². The number of nitrogen functional groups attached to an aromatic ring is 1. The number of aryl methyl sites for hydroxylation is 1. The Morgan fingerprint density at radius 2 is 1.86 bits per heavy atom. The van der Waals surface area contributed by atoms with Crippen molar-refractivity contribution in [3.63, 3.8) is 0 Å². The molecule has 1 atom stereocenters. The minimum atomic E-state index is 0.142. The molecule has 4 rings (SSSR count). The molecule has 29 heavy (non-hydrogen) atoms. The summed E-state index contributed by atoms with van der Waals surface area (Å²) in [6.45, 7) is 3.37. The Morgan fingerprint density at radius 1 is 1.10 bits per heavy atom. The van der Waals surface area contributed by atoms with Crippen LogP contribution in [0.25, 0.3) is 11.1 Å². The fourth-order valence-corrected chi connectivity index (χ4v) is 4.57. The second-order valence-electron chi connectivity index (χ2n) is 8.28. The molecule has 0 radical (unpaired) electrons. The highest BCUT2D eigenvalue weighted by Crippen LogP contribution is 2.33. The molecule has 2 aromatic heterocycles. The Kier molecular flexibility index (Phi) is 6.04. The lowest BCUT2D eigenvalue weighted by atomic mass is 9.95. The highest BCUT2D eigenvalue weighted by Gasteiger charge is 2.29. The van der Waals surface area contributed by atoms with Gasteiger partial charge in [0.15, 0.2) is 0 Å². The Balaban J connectivity index is 1.47. The van der Waals surface area contributed by atoms with Crippen LogP contribution >= 0.6 is 0 Å². The molecule has 2 aliphatic rings. The summed E-state index contributed by atoms with van der Waals surface area (Å²) >= 11 is 0. The van der Waals surface area contributed by atoms with Gasteiger partial charge in [0.25, 0.3) is 0 Å². The summed E-state index contributed by atoms with van der Waals surface area (Å²) in [6.07, 6.45) is 11.5. The Morgan fingerprint density at radius 3 is 2.62 bits per heavy atom. The van der Waals surface area contributed by atoms with E-state index in [0.717, 1.165) is 54.7 Å². The zero-order chi connectivity index (χ0) is 20.2. The Hall–Kier alpha value is -2.54. The zero-order valence-electron chi connectivity index (χ0n) is 17.1. The number of rotatable bonds is 5. The third-order valence-corrected chi connectivity index (χ3v) is 6.00. The maximum Gasteiger partial charge on any atom is 0.234 e. The molecule has 1 aliphatic heterocycles. The van der Waals surface area contributed by atoms with E-state index in [1.165, 1.54) is 19.3 Å². The lowest BCUT2D eigenvalue weighted by Gasteiger charge is -2.27. The molecule has 0 aromatic carbocycles. The number of aromatic nitrogens is 3. The number of amides is 1. The van der Waals surface area contributed by atoms with Gasteiger partial charge in [-0.1, -0.05) is 19.3 Å². The highest BCUT2D eigenvalue weighted by atomic mass is 16.2. The predicted molar refractivity (Wildman–Crippen MR) is 113 cm³/mol. The first kappa shape index (κ1) is 19.8. The Bertz CT molecular complexity index is 847. The number of nitrogens with one attached hydrogen (secondary N) is 1. The Labute approximate surface area is 172 Å². The second-order valence-corrected chi connectivity index (χ2v) is 8.28. The number of pyridine rings is 1. The lowest BCUT2D eigenvalue weighted by molar-refractivity contribution is -0.123. The van der Waals surface area contributed by atoms with Gasteiger partial charge in [-0.25, -0.2) is 9.97 Å². The molecule has 7 heteroatoms. The number of carbonyl (C=O) groups excluding carboxylic acids is 1. The van der Waals surface area contributed by atoms with Crippen LogP contribution in [0.2, 0.25) is 0 Å². The van der Waals surface area contributed by atoms with Gasteiger partial charge in [0.2, 0.25) is 11.9 Å². The van der Waals surface area contributed by atoms with Gasteiger partial charge in [0.05, 0.1) is 18.3 Å². The van der Waals surface area contributed by atoms with Crippen molar-refractivity contribution in [3.8, 4) is 11.1 Å². The van der Waals surface area contributed by atoms with Gasteiger partial charge in [-0.05, 0) is 56.8 Å². The number of hydrogen-bond acceptors (Lipinski definition) is 6. The minimum absolute atomic E-state index is 0.142. The van der Waals surface area contributed by atoms with Gasteiger partial charge in [0.1, 0.15) is 0 Å². The maximum absolute atomic E-state index is 12.6. The van der Waals surface area contributed by atoms with Crippen LogP contribution in [0.3, 0.4) is 0 Å². The number of hydrogen-bond donors (Lipinski definition) is 2. The molecule has 1 saturated carbocycles. The number of nitrogens with zero attached hydrogens (tertiary/aromatic N) is 4. The van der Waals surface area contributed by atoms with Crippen molar-refractivity contribution in [2.24, 2.45) is 0 Å². The van der Waals surface area contributed by atoms with Crippen LogP contribution in [0.5, 0.6) is 0 Å². The van der Waals surface area contributed by atoms with Crippen molar-refractivity contribution >= 4 is 11.9 Å². The van der Waals surface area contributed by atoms with Gasteiger partial charge in [-0.2, -0.15) is 0 Å². The van der Waals surface area contributed by atoms with E-state index >= 15 is 0 Å². The van der Waals surface area contributed by atoms with Gasteiger partial charge in [-0.3, -0.25) is 14.7 Å². The first-order valence-electron chi connectivity index (χ1n) is 10.7. The van der Waals surface area contributed by atoms with E-state index in [-0.39, 0.29) is 17.9 Å². The van der Waals surface area contributed by atoms with E-state index in [4.69, 9.17) is 10.7 Å². The standard InChI is InChI=1S/C22H30N6O/c1-15-10-16(17-12-24-22(23)25-13-17)11-19(26-15)20-8-5-9-28(20)14-21(29)27-18-6-3-2-4-7-18/h10-13,18,20H,2-9,14H2,1H3,(H,27,29)(H2,23,24,25)/t20-/m1/s1. The number of nitrogens with two attached hydrogens (primary N) is 1. The fraction of sp³-hybridized carbons (Fsp3) is 0.545. The van der Waals surface area contributed by atoms with Crippen LogP contribution in [0, 0.1) is 6.92 Å². The third-order valence-electron chi connectivity index (χ3n) is 6.00. The molecule has 2 fully saturated rings. The molecule has 1 amide bonds. The minimum Gasteiger partial charge on any atom is -0.368 e. The summed E-state index contributed by atoms with van der Waals surface area (Å²) in [5.74, 6) is 0.411. The smallest absolute Gasteiger partial charge is 0.234 e. The third kappa shape index (κ3) is 4.90. The SMILES string of the molecule is Cc1cc(-c2cnc(N)nc2)cc([C@H]2CCCN2CC(=O)NC2CCCCC2)n1. The first-order chi connectivity index (χ1) is 14.1. The van der Waals surface area contributed by atoms with Crippen LogP contribution in [-0.4, -0.2) is 44.9 Å². The van der Waals surface area contributed by atoms with Crippen molar-refractivity contribution in [1.82, 2.24) is 25.2 Å². The molecular weight excluding hydrogens is 364 g/mol. The first-order valence-corrected chi connectivity index (χ1v) is 10.7. The molecule has 7 nitrogen and oxygen atoms in total. The van der Waals surface area contributed by atoms with Crippen molar-refractivity contribution in [3.05, 3.63) is 35.9 Å². The van der Waals surface area contributed by atoms with Crippen molar-refractivity contribution in [2.45, 2.75) is 64.0 Å². The van der Waals surface area contributed by atoms with Gasteiger partial charge < -0.3 is 11.1 Å². The van der Waals surface area contributed by atoms with Crippen LogP contribution in [-0.2, 0) is 4.79 Å². The van der Waals surface area contributed by atoms with Crippen LogP contribution in [0.15, 0.2) is 24.5 Å². The molecule has 2 aromatic rings. The quantitative estimate of drug-likeness (QED) is 0.809. The summed E-state index contributed by atoms with van der Waals surface area (Å²) in [6, 6.07) is 4.66. The normalized spacial score (nSPS) is 20.7. The molecule has 0 spiro atoms. The molecule has 3 N–H and O–H groups in total. The zero-order valence-corrected chi connectivity index (χ0v) is 17.1. The van der Waals surface area contributed by atoms with Crippen LogP contribution < -0.4 is 11.1 Å². The van der Waals surface area contributed by atoms with E-state index in [1.54, 1.807) is 12.4 Å². The van der Waals surface area contributed by atoms with Gasteiger partial charge in [0, 0.05) is 29.7 Å². The van der Waals surface area contributed by atoms with E-state index in [9.17, 15) is 4.79 Å². The summed E-state index contributed by atoms with van der Waals surface area (Å²) in [4.78, 5) is 27.9. The molecule has 0 bridgehead atoms. The molecule has 154 valence electrons. The van der Waals surface area contributed by atoms with E-state index in [0.29, 0.717) is 12.6 Å². The average Bonchev–Trinajstić information content (AvgIpc) is 3.17. The monoisotopic (exact) mass is 394 g/mol. The molecule has 3 heterocycles. The number of carbonyl (C=O) groups is 1. The van der Waals surface area contributed by atoms with Gasteiger partial charge in [-0.15, -0.1) is 0 Å². The summed E-state index contributed by atoms with van der Waals surface area (Å²) < 4.78 is 0. The topological polar surface area (TPSA) is 97.0 Å². The molecule has 1 aliphatic carbocycles. The largest absolute Gasteiger partial charge is 0.368 e. The lowest BCUT2D eigenvalue weighted by Crippen LogP contribution is -2.42. The van der Waals surface area contributed by atoms with Crippen molar-refractivity contribution in [1.29, 1.82) is 0 Å². The molecule has 1 saturated heterocycles. The number of anilines is 1. The summed E-state index contributed by atoms with van der Waals surface area (Å²) in [7, 11) is 0. The van der Waals surface area contributed by atoms with Crippen molar-refractivity contribution < 1.29 is 4.79 Å². The highest BCUT2D eigenvalue weighted by molar-refractivity contribution is 5.78. The summed E-state index contributed by atoms with van der Waals surface area (Å²) in [5.41, 5.74) is 9.54. The van der Waals surface area contributed by atoms with Crippen LogP contribution in [0.4, 0.5) is 5.95 Å². The van der Waals surface area contributed by atoms with Gasteiger partial charge >= 0.3 is 0 Å². The summed E-state index contributed by atoms with van der Waals surface area (Å²) in [5, 5.41) is 3.24. The van der Waals surface area contributed by atoms with E-state index in [1.807, 2.05) is 13.0 Å². The second kappa shape index (κ2) is 8.86. The van der Waals surface area contributed by atoms with Crippen molar-refractivity contribution in [2.75, 3.05) is 18.8 Å². The van der Waals surface area contributed by atoms with E-state index in [2.05, 4.69) is 26.3 Å². The van der Waals surface area contributed by atoms with Crippen LogP contribution in [0.1, 0.15) is 62.4 Å². The average molecular weight is 395 g/mol. The fourth-order valence-electron chi connectivity index (χ4n) is 4.57. The maximum atomic E-state index is 12.6. The predicted octanol–water partition coefficient (Wildman–Crippen LogP) is 3.02.